The fourth-order valence-corrected chi connectivity index (χ4v) is 2.56. The lowest BCUT2D eigenvalue weighted by molar-refractivity contribution is 0.113. The minimum Gasteiger partial charge on any atom is -0.394 e. The summed E-state index contributed by atoms with van der Waals surface area (Å²) in [4.78, 5) is 1.17. The zero-order valence-electron chi connectivity index (χ0n) is 11.1. The maximum absolute atomic E-state index is 9.33. The van der Waals surface area contributed by atoms with Crippen LogP contribution in [0.5, 0.6) is 0 Å². The van der Waals surface area contributed by atoms with Crippen LogP contribution in [0.2, 0.25) is 0 Å². The summed E-state index contributed by atoms with van der Waals surface area (Å²) < 4.78 is 0. The molecule has 3 nitrogen and oxygen atoms in total. The molecule has 0 aliphatic heterocycles. The van der Waals surface area contributed by atoms with Crippen molar-refractivity contribution in [3.05, 3.63) is 29.3 Å². The lowest BCUT2D eigenvalue weighted by Crippen LogP contribution is -2.15. The number of rotatable bonds is 8. The first-order valence-corrected chi connectivity index (χ1v) is 7.38. The van der Waals surface area contributed by atoms with Crippen LogP contribution in [0.4, 0.5) is 0 Å². The molecule has 0 fully saturated rings. The summed E-state index contributed by atoms with van der Waals surface area (Å²) in [5.74, 6) is 0.533. The number of aliphatic hydroxyl groups excluding tert-OH is 2. The lowest BCUT2D eigenvalue weighted by Gasteiger charge is -2.11. The quantitative estimate of drug-likeness (QED) is 0.499. The summed E-state index contributed by atoms with van der Waals surface area (Å²) in [6, 6.07) is 6.38. The van der Waals surface area contributed by atoms with Crippen molar-refractivity contribution in [1.82, 2.24) is 5.32 Å². The molecular formula is C14H23NO2S. The molecule has 0 saturated heterocycles. The summed E-state index contributed by atoms with van der Waals surface area (Å²) >= 11 is 1.59. The average molecular weight is 269 g/mol. The molecule has 0 amide bonds. The van der Waals surface area contributed by atoms with E-state index in [-0.39, 0.29) is 6.61 Å². The van der Waals surface area contributed by atoms with Crippen molar-refractivity contribution in [3.63, 3.8) is 0 Å². The van der Waals surface area contributed by atoms with Crippen molar-refractivity contribution in [2.24, 2.45) is 0 Å². The van der Waals surface area contributed by atoms with Crippen LogP contribution in [0.25, 0.3) is 0 Å². The first-order valence-electron chi connectivity index (χ1n) is 6.39. The predicted molar refractivity (Wildman–Crippen MR) is 77.0 cm³/mol. The molecule has 0 aliphatic carbocycles. The maximum Gasteiger partial charge on any atom is 0.0864 e. The third-order valence-electron chi connectivity index (χ3n) is 2.64. The van der Waals surface area contributed by atoms with Gasteiger partial charge < -0.3 is 15.5 Å². The van der Waals surface area contributed by atoms with Crippen LogP contribution < -0.4 is 5.32 Å². The van der Waals surface area contributed by atoms with Gasteiger partial charge in [-0.05, 0) is 37.1 Å². The Balaban J connectivity index is 2.51. The van der Waals surface area contributed by atoms with Gasteiger partial charge in [-0.3, -0.25) is 0 Å². The zero-order valence-corrected chi connectivity index (χ0v) is 12.0. The van der Waals surface area contributed by atoms with E-state index in [0.717, 1.165) is 19.5 Å². The molecule has 1 unspecified atom stereocenters. The Labute approximate surface area is 114 Å². The SMILES string of the molecule is CCCNCc1ccc(SCC(O)CO)c(C)c1. The van der Waals surface area contributed by atoms with Crippen molar-refractivity contribution in [1.29, 1.82) is 0 Å². The number of aliphatic hydroxyl groups is 2. The molecule has 4 heteroatoms. The standard InChI is InChI=1S/C14H23NO2S/c1-3-6-15-8-12-4-5-14(11(2)7-12)18-10-13(17)9-16/h4-5,7,13,15-17H,3,6,8-10H2,1-2H3. The van der Waals surface area contributed by atoms with E-state index in [9.17, 15) is 5.11 Å². The Kier molecular flexibility index (Phi) is 7.35. The van der Waals surface area contributed by atoms with Gasteiger partial charge in [0.2, 0.25) is 0 Å². The maximum atomic E-state index is 9.33. The van der Waals surface area contributed by atoms with Gasteiger partial charge in [-0.2, -0.15) is 0 Å². The molecule has 1 atom stereocenters. The third kappa shape index (κ3) is 5.40. The highest BCUT2D eigenvalue weighted by Crippen LogP contribution is 2.23. The van der Waals surface area contributed by atoms with E-state index in [4.69, 9.17) is 5.11 Å². The molecule has 0 heterocycles. The van der Waals surface area contributed by atoms with Crippen LogP contribution in [-0.2, 0) is 6.54 Å². The summed E-state index contributed by atoms with van der Waals surface area (Å²) in [6.45, 7) is 6.00. The van der Waals surface area contributed by atoms with E-state index in [1.165, 1.54) is 16.0 Å². The highest BCUT2D eigenvalue weighted by atomic mass is 32.2. The molecule has 0 bridgehead atoms. The highest BCUT2D eigenvalue weighted by Gasteiger charge is 2.05. The number of benzene rings is 1. The second-order valence-corrected chi connectivity index (χ2v) is 5.49. The Morgan fingerprint density at radius 1 is 1.39 bits per heavy atom. The van der Waals surface area contributed by atoms with Crippen molar-refractivity contribution in [2.45, 2.75) is 37.8 Å². The van der Waals surface area contributed by atoms with Crippen molar-refractivity contribution >= 4 is 11.8 Å². The van der Waals surface area contributed by atoms with Gasteiger partial charge in [0.05, 0.1) is 12.7 Å². The normalized spacial score (nSPS) is 12.7. The molecule has 1 rings (SSSR count). The lowest BCUT2D eigenvalue weighted by atomic mass is 10.1. The zero-order chi connectivity index (χ0) is 13.4. The molecule has 1 aromatic rings. The Bertz CT molecular complexity index is 358. The van der Waals surface area contributed by atoms with Crippen molar-refractivity contribution in [3.8, 4) is 0 Å². The molecule has 102 valence electrons. The largest absolute Gasteiger partial charge is 0.394 e. The van der Waals surface area contributed by atoms with Gasteiger partial charge in [-0.15, -0.1) is 11.8 Å². The molecule has 0 spiro atoms. The molecule has 1 aromatic carbocycles. The van der Waals surface area contributed by atoms with E-state index in [2.05, 4.69) is 37.4 Å². The molecular weight excluding hydrogens is 246 g/mol. The number of nitrogens with one attached hydrogen (secondary N) is 1. The van der Waals surface area contributed by atoms with Gasteiger partial charge in [0, 0.05) is 17.2 Å². The summed E-state index contributed by atoms with van der Waals surface area (Å²) in [5, 5.41) is 21.5. The number of hydrogen-bond donors (Lipinski definition) is 3. The number of thioether (sulfide) groups is 1. The molecule has 0 saturated carbocycles. The second-order valence-electron chi connectivity index (χ2n) is 4.42. The second kappa shape index (κ2) is 8.53. The summed E-state index contributed by atoms with van der Waals surface area (Å²) in [6.07, 6.45) is 0.506. The van der Waals surface area contributed by atoms with E-state index < -0.39 is 6.10 Å². The van der Waals surface area contributed by atoms with Gasteiger partial charge in [-0.1, -0.05) is 19.1 Å². The van der Waals surface area contributed by atoms with Crippen LogP contribution in [-0.4, -0.2) is 35.2 Å². The van der Waals surface area contributed by atoms with Crippen LogP contribution in [0, 0.1) is 6.92 Å². The van der Waals surface area contributed by atoms with Gasteiger partial charge in [0.1, 0.15) is 0 Å². The summed E-state index contributed by atoms with van der Waals surface area (Å²) in [7, 11) is 0. The first-order chi connectivity index (χ1) is 8.67. The Hall–Kier alpha value is -0.550. The van der Waals surface area contributed by atoms with Gasteiger partial charge in [-0.25, -0.2) is 0 Å². The molecule has 3 N–H and O–H groups in total. The minimum absolute atomic E-state index is 0.176. The summed E-state index contributed by atoms with van der Waals surface area (Å²) in [5.41, 5.74) is 2.51. The van der Waals surface area contributed by atoms with Crippen molar-refractivity contribution < 1.29 is 10.2 Å². The van der Waals surface area contributed by atoms with Crippen LogP contribution >= 0.6 is 11.8 Å². The molecule has 0 radical (unpaired) electrons. The number of hydrogen-bond acceptors (Lipinski definition) is 4. The van der Waals surface area contributed by atoms with E-state index in [1.807, 2.05) is 0 Å². The topological polar surface area (TPSA) is 52.5 Å². The smallest absolute Gasteiger partial charge is 0.0864 e. The fourth-order valence-electron chi connectivity index (χ4n) is 1.63. The first kappa shape index (κ1) is 15.5. The fraction of sp³-hybridized carbons (Fsp3) is 0.571. The van der Waals surface area contributed by atoms with Crippen LogP contribution in [0.1, 0.15) is 24.5 Å². The molecule has 0 aromatic heterocycles. The minimum atomic E-state index is -0.639. The predicted octanol–water partition coefficient (Wildman–Crippen LogP) is 1.94. The Morgan fingerprint density at radius 3 is 2.78 bits per heavy atom. The Morgan fingerprint density at radius 2 is 2.17 bits per heavy atom. The van der Waals surface area contributed by atoms with Crippen LogP contribution in [0.3, 0.4) is 0 Å². The highest BCUT2D eigenvalue weighted by molar-refractivity contribution is 7.99. The van der Waals surface area contributed by atoms with E-state index >= 15 is 0 Å². The van der Waals surface area contributed by atoms with E-state index in [0.29, 0.717) is 5.75 Å². The number of aryl methyl sites for hydroxylation is 1. The van der Waals surface area contributed by atoms with Gasteiger partial charge >= 0.3 is 0 Å². The van der Waals surface area contributed by atoms with Gasteiger partial charge in [0.25, 0.3) is 0 Å². The van der Waals surface area contributed by atoms with Crippen molar-refractivity contribution in [2.75, 3.05) is 18.9 Å². The monoisotopic (exact) mass is 269 g/mol. The molecule has 18 heavy (non-hydrogen) atoms. The third-order valence-corrected chi connectivity index (χ3v) is 3.96. The van der Waals surface area contributed by atoms with Crippen LogP contribution in [0.15, 0.2) is 23.1 Å². The molecule has 0 aliphatic rings. The van der Waals surface area contributed by atoms with Gasteiger partial charge in [0.15, 0.2) is 0 Å². The van der Waals surface area contributed by atoms with E-state index in [1.54, 1.807) is 11.8 Å². The average Bonchev–Trinajstić information content (AvgIpc) is 2.37.